The van der Waals surface area contributed by atoms with E-state index in [0.29, 0.717) is 38.0 Å². The van der Waals surface area contributed by atoms with Crippen molar-refractivity contribution in [2.24, 2.45) is 4.99 Å². The van der Waals surface area contributed by atoms with E-state index in [9.17, 15) is 4.79 Å². The molecule has 0 bridgehead atoms. The Labute approximate surface area is 172 Å². The van der Waals surface area contributed by atoms with Crippen LogP contribution in [0.15, 0.2) is 40.2 Å². The van der Waals surface area contributed by atoms with Crippen molar-refractivity contribution in [3.05, 3.63) is 51.4 Å². The monoisotopic (exact) mass is 418 g/mol. The van der Waals surface area contributed by atoms with Gasteiger partial charge in [0.1, 0.15) is 0 Å². The van der Waals surface area contributed by atoms with Crippen molar-refractivity contribution in [3.8, 4) is 17.2 Å². The van der Waals surface area contributed by atoms with Crippen LogP contribution in [0.2, 0.25) is 5.02 Å². The number of thioether (sulfide) groups is 1. The van der Waals surface area contributed by atoms with E-state index in [-0.39, 0.29) is 5.91 Å². The van der Waals surface area contributed by atoms with Crippen LogP contribution in [0.25, 0.3) is 6.08 Å². The molecular formula is C20H19ClN2O4S. The van der Waals surface area contributed by atoms with Crippen molar-refractivity contribution in [3.63, 3.8) is 0 Å². The zero-order valence-corrected chi connectivity index (χ0v) is 17.4. The molecule has 1 aliphatic heterocycles. The number of hydrogen-bond acceptors (Lipinski definition) is 6. The summed E-state index contributed by atoms with van der Waals surface area (Å²) in [5, 5.41) is 3.86. The van der Waals surface area contributed by atoms with Crippen LogP contribution in [0, 0.1) is 6.92 Å². The van der Waals surface area contributed by atoms with E-state index in [2.05, 4.69) is 10.3 Å². The molecule has 0 aliphatic carbocycles. The Balaban J connectivity index is 1.93. The lowest BCUT2D eigenvalue weighted by Crippen LogP contribution is -2.19. The van der Waals surface area contributed by atoms with Gasteiger partial charge in [0.05, 0.1) is 31.9 Å². The molecule has 1 heterocycles. The number of amides is 1. The first kappa shape index (κ1) is 20.1. The van der Waals surface area contributed by atoms with Crippen LogP contribution in [0.1, 0.15) is 11.1 Å². The van der Waals surface area contributed by atoms with Gasteiger partial charge in [-0.3, -0.25) is 4.79 Å². The standard InChI is InChI=1S/C20H19ClN2O4S/c1-11-5-6-13(21)10-14(11)22-20-23-19(24)17(28-20)9-12-7-15(25-2)18(27-4)16(8-12)26-3/h5-10H,1-4H3,(H,22,23,24)/b17-9-. The van der Waals surface area contributed by atoms with E-state index in [1.807, 2.05) is 13.0 Å². The Morgan fingerprint density at radius 3 is 2.36 bits per heavy atom. The lowest BCUT2D eigenvalue weighted by molar-refractivity contribution is -0.115. The predicted molar refractivity (Wildman–Crippen MR) is 113 cm³/mol. The van der Waals surface area contributed by atoms with Crippen LogP contribution in [0.5, 0.6) is 17.2 Å². The average Bonchev–Trinajstić information content (AvgIpc) is 3.02. The summed E-state index contributed by atoms with van der Waals surface area (Å²) in [5.41, 5.74) is 2.42. The van der Waals surface area contributed by atoms with Crippen molar-refractivity contribution < 1.29 is 19.0 Å². The van der Waals surface area contributed by atoms with Gasteiger partial charge in [-0.1, -0.05) is 17.7 Å². The summed E-state index contributed by atoms with van der Waals surface area (Å²) in [6.45, 7) is 1.93. The molecule has 0 unspecified atom stereocenters. The fraction of sp³-hybridized carbons (Fsp3) is 0.200. The van der Waals surface area contributed by atoms with Crippen molar-refractivity contribution in [1.29, 1.82) is 0 Å². The lowest BCUT2D eigenvalue weighted by Gasteiger charge is -2.12. The Bertz CT molecular complexity index is 963. The molecule has 0 aromatic heterocycles. The Morgan fingerprint density at radius 2 is 1.75 bits per heavy atom. The van der Waals surface area contributed by atoms with Crippen LogP contribution in [0.4, 0.5) is 5.69 Å². The van der Waals surface area contributed by atoms with Gasteiger partial charge in [-0.15, -0.1) is 0 Å². The third-order valence-corrected chi connectivity index (χ3v) is 5.17. The van der Waals surface area contributed by atoms with E-state index >= 15 is 0 Å². The maximum atomic E-state index is 12.4. The molecule has 2 aromatic rings. The minimum Gasteiger partial charge on any atom is -0.493 e. The summed E-state index contributed by atoms with van der Waals surface area (Å²) in [4.78, 5) is 17.4. The van der Waals surface area contributed by atoms with Crippen molar-refractivity contribution >= 4 is 46.2 Å². The van der Waals surface area contributed by atoms with E-state index in [4.69, 9.17) is 25.8 Å². The molecular weight excluding hydrogens is 400 g/mol. The van der Waals surface area contributed by atoms with Crippen LogP contribution < -0.4 is 19.5 Å². The zero-order valence-electron chi connectivity index (χ0n) is 15.8. The zero-order chi connectivity index (χ0) is 20.3. The SMILES string of the molecule is COc1cc(/C=C2\SC(=Nc3cc(Cl)ccc3C)NC2=O)cc(OC)c1OC. The largest absolute Gasteiger partial charge is 0.493 e. The van der Waals surface area contributed by atoms with Crippen LogP contribution >= 0.6 is 23.4 Å². The lowest BCUT2D eigenvalue weighted by atomic mass is 10.1. The van der Waals surface area contributed by atoms with Gasteiger partial charge in [0, 0.05) is 5.02 Å². The van der Waals surface area contributed by atoms with E-state index in [0.717, 1.165) is 11.1 Å². The number of amidine groups is 1. The summed E-state index contributed by atoms with van der Waals surface area (Å²) in [6.07, 6.45) is 1.75. The molecule has 146 valence electrons. The number of carbonyl (C=O) groups is 1. The molecule has 1 aliphatic rings. The second-order valence-corrected chi connectivity index (χ2v) is 7.34. The highest BCUT2D eigenvalue weighted by Crippen LogP contribution is 2.39. The third-order valence-electron chi connectivity index (χ3n) is 4.03. The molecule has 6 nitrogen and oxygen atoms in total. The third kappa shape index (κ3) is 4.26. The second kappa shape index (κ2) is 8.58. The van der Waals surface area contributed by atoms with Gasteiger partial charge in [0.2, 0.25) is 5.75 Å². The van der Waals surface area contributed by atoms with E-state index in [1.165, 1.54) is 11.8 Å². The fourth-order valence-electron chi connectivity index (χ4n) is 2.63. The number of ether oxygens (including phenoxy) is 3. The first-order chi connectivity index (χ1) is 13.4. The minimum atomic E-state index is -0.225. The normalized spacial score (nSPS) is 16.4. The smallest absolute Gasteiger partial charge is 0.264 e. The average molecular weight is 419 g/mol. The molecule has 0 radical (unpaired) electrons. The summed E-state index contributed by atoms with van der Waals surface area (Å²) in [6, 6.07) is 9.00. The highest BCUT2D eigenvalue weighted by molar-refractivity contribution is 8.18. The number of nitrogens with zero attached hydrogens (tertiary/aromatic N) is 1. The molecule has 1 saturated heterocycles. The second-order valence-electron chi connectivity index (χ2n) is 5.87. The highest BCUT2D eigenvalue weighted by atomic mass is 35.5. The number of aliphatic imine (C=N–C) groups is 1. The maximum Gasteiger partial charge on any atom is 0.264 e. The first-order valence-electron chi connectivity index (χ1n) is 8.31. The van der Waals surface area contributed by atoms with Gasteiger partial charge in [0.15, 0.2) is 16.7 Å². The Kier molecular flexibility index (Phi) is 6.16. The number of aryl methyl sites for hydroxylation is 1. The van der Waals surface area contributed by atoms with Crippen LogP contribution in [-0.4, -0.2) is 32.4 Å². The van der Waals surface area contributed by atoms with Crippen molar-refractivity contribution in [1.82, 2.24) is 5.32 Å². The quantitative estimate of drug-likeness (QED) is 0.720. The highest BCUT2D eigenvalue weighted by Gasteiger charge is 2.24. The van der Waals surface area contributed by atoms with Crippen molar-refractivity contribution in [2.75, 3.05) is 21.3 Å². The summed E-state index contributed by atoms with van der Waals surface area (Å²) in [7, 11) is 4.63. The van der Waals surface area contributed by atoms with E-state index < -0.39 is 0 Å². The molecule has 2 aromatic carbocycles. The summed E-state index contributed by atoms with van der Waals surface area (Å²) < 4.78 is 16.0. The molecule has 1 amide bonds. The number of carbonyl (C=O) groups excluding carboxylic acids is 1. The maximum absolute atomic E-state index is 12.4. The topological polar surface area (TPSA) is 69.2 Å². The number of halogens is 1. The fourth-order valence-corrected chi connectivity index (χ4v) is 3.63. The van der Waals surface area contributed by atoms with Gasteiger partial charge < -0.3 is 19.5 Å². The van der Waals surface area contributed by atoms with E-state index in [1.54, 1.807) is 51.7 Å². The molecule has 0 spiro atoms. The van der Waals surface area contributed by atoms with Crippen LogP contribution in [-0.2, 0) is 4.79 Å². The predicted octanol–water partition coefficient (Wildman–Crippen LogP) is 4.57. The molecule has 0 saturated carbocycles. The number of nitrogens with one attached hydrogen (secondary N) is 1. The van der Waals surface area contributed by atoms with Gasteiger partial charge >= 0.3 is 0 Å². The first-order valence-corrected chi connectivity index (χ1v) is 9.50. The molecule has 3 rings (SSSR count). The van der Waals surface area contributed by atoms with Gasteiger partial charge in [-0.05, 0) is 60.2 Å². The van der Waals surface area contributed by atoms with Crippen LogP contribution in [0.3, 0.4) is 0 Å². The molecule has 28 heavy (non-hydrogen) atoms. The van der Waals surface area contributed by atoms with Crippen molar-refractivity contribution in [2.45, 2.75) is 6.92 Å². The van der Waals surface area contributed by atoms with Gasteiger partial charge in [-0.2, -0.15) is 0 Å². The molecule has 1 fully saturated rings. The summed E-state index contributed by atoms with van der Waals surface area (Å²) >= 11 is 7.29. The number of hydrogen-bond donors (Lipinski definition) is 1. The van der Waals surface area contributed by atoms with Gasteiger partial charge in [-0.25, -0.2) is 4.99 Å². The Morgan fingerprint density at radius 1 is 1.07 bits per heavy atom. The molecule has 8 heteroatoms. The Hall–Kier alpha value is -2.64. The number of methoxy groups -OCH3 is 3. The van der Waals surface area contributed by atoms with Gasteiger partial charge in [0.25, 0.3) is 5.91 Å². The summed E-state index contributed by atoms with van der Waals surface area (Å²) in [5.74, 6) is 1.30. The number of benzene rings is 2. The molecule has 0 atom stereocenters. The minimum absolute atomic E-state index is 0.225. The molecule has 1 N–H and O–H groups in total. The number of rotatable bonds is 5.